The van der Waals surface area contributed by atoms with Gasteiger partial charge in [-0.2, -0.15) is 0 Å². The number of nitrogens with one attached hydrogen (secondary N) is 1. The van der Waals surface area contributed by atoms with E-state index in [1.165, 1.54) is 19.2 Å². The highest BCUT2D eigenvalue weighted by Crippen LogP contribution is 2.30. The molecular weight excluding hydrogens is 236 g/mol. The molecule has 1 aliphatic rings. The summed E-state index contributed by atoms with van der Waals surface area (Å²) in [5.41, 5.74) is 0.133. The first-order chi connectivity index (χ1) is 7.22. The fourth-order valence-electron chi connectivity index (χ4n) is 1.94. The van der Waals surface area contributed by atoms with Crippen LogP contribution in [0, 0.1) is 11.6 Å². The Hall–Kier alpha value is -0.870. The van der Waals surface area contributed by atoms with Gasteiger partial charge in [0.05, 0.1) is 7.11 Å². The summed E-state index contributed by atoms with van der Waals surface area (Å²) < 4.78 is 32.0. The van der Waals surface area contributed by atoms with Crippen molar-refractivity contribution in [2.45, 2.75) is 18.9 Å². The molecule has 1 saturated heterocycles. The molecule has 0 spiro atoms. The molecule has 0 aliphatic carbocycles. The van der Waals surface area contributed by atoms with Crippen LogP contribution in [0.3, 0.4) is 0 Å². The van der Waals surface area contributed by atoms with Gasteiger partial charge in [-0.25, -0.2) is 8.78 Å². The first-order valence-corrected chi connectivity index (χ1v) is 4.98. The van der Waals surface area contributed by atoms with Crippen molar-refractivity contribution in [3.63, 3.8) is 0 Å². The predicted molar refractivity (Wildman–Crippen MR) is 60.1 cm³/mol. The standard InChI is InChI=1S/C11H13F2NO.ClH/c1-15-7-5-8(12)11(9(13)6-7)10-3-2-4-14-10;/h5-6,10,14H,2-4H2,1H3;1H/t10-;/m0./s1. The molecule has 1 heterocycles. The minimum absolute atomic E-state index is 0. The van der Waals surface area contributed by atoms with Gasteiger partial charge in [-0.3, -0.25) is 0 Å². The molecule has 0 bridgehead atoms. The normalized spacial score (nSPS) is 19.3. The molecule has 1 fully saturated rings. The second kappa shape index (κ2) is 5.46. The maximum Gasteiger partial charge on any atom is 0.134 e. The Kier molecular flexibility index (Phi) is 4.50. The van der Waals surface area contributed by atoms with Gasteiger partial charge in [0.15, 0.2) is 0 Å². The number of benzene rings is 1. The van der Waals surface area contributed by atoms with Crippen LogP contribution in [0.2, 0.25) is 0 Å². The van der Waals surface area contributed by atoms with Crippen LogP contribution >= 0.6 is 12.4 Å². The van der Waals surface area contributed by atoms with E-state index in [0.29, 0.717) is 0 Å². The van der Waals surface area contributed by atoms with Gasteiger partial charge >= 0.3 is 0 Å². The predicted octanol–water partition coefficient (Wildman–Crippen LogP) is 2.82. The lowest BCUT2D eigenvalue weighted by molar-refractivity contribution is 0.402. The van der Waals surface area contributed by atoms with Crippen LogP contribution < -0.4 is 10.1 Å². The molecule has 1 atom stereocenters. The highest BCUT2D eigenvalue weighted by Gasteiger charge is 2.23. The summed E-state index contributed by atoms with van der Waals surface area (Å²) in [6, 6.07) is 2.24. The molecule has 0 aromatic heterocycles. The molecule has 0 radical (unpaired) electrons. The maximum absolute atomic E-state index is 13.6. The fraction of sp³-hybridized carbons (Fsp3) is 0.455. The Morgan fingerprint density at radius 3 is 2.38 bits per heavy atom. The Morgan fingerprint density at radius 1 is 1.31 bits per heavy atom. The van der Waals surface area contributed by atoms with Crippen LogP contribution in [-0.4, -0.2) is 13.7 Å². The summed E-state index contributed by atoms with van der Waals surface area (Å²) in [6.45, 7) is 0.815. The summed E-state index contributed by atoms with van der Waals surface area (Å²) in [7, 11) is 1.39. The molecule has 1 aromatic rings. The maximum atomic E-state index is 13.6. The van der Waals surface area contributed by atoms with Gasteiger partial charge in [0, 0.05) is 23.7 Å². The summed E-state index contributed by atoms with van der Waals surface area (Å²) in [5, 5.41) is 3.07. The molecule has 0 unspecified atom stereocenters. The van der Waals surface area contributed by atoms with Gasteiger partial charge in [-0.1, -0.05) is 0 Å². The Morgan fingerprint density at radius 2 is 1.94 bits per heavy atom. The fourth-order valence-corrected chi connectivity index (χ4v) is 1.94. The quantitative estimate of drug-likeness (QED) is 0.870. The van der Waals surface area contributed by atoms with Crippen molar-refractivity contribution in [2.75, 3.05) is 13.7 Å². The van der Waals surface area contributed by atoms with Crippen molar-refractivity contribution < 1.29 is 13.5 Å². The van der Waals surface area contributed by atoms with E-state index in [0.717, 1.165) is 19.4 Å². The number of ether oxygens (including phenoxy) is 1. The largest absolute Gasteiger partial charge is 0.497 e. The number of methoxy groups -OCH3 is 1. The minimum atomic E-state index is -0.536. The van der Waals surface area contributed by atoms with Crippen molar-refractivity contribution in [3.8, 4) is 5.75 Å². The van der Waals surface area contributed by atoms with Crippen LogP contribution in [-0.2, 0) is 0 Å². The number of hydrogen-bond acceptors (Lipinski definition) is 2. The van der Waals surface area contributed by atoms with E-state index in [-0.39, 0.29) is 29.8 Å². The number of halogens is 3. The van der Waals surface area contributed by atoms with Crippen LogP contribution in [0.15, 0.2) is 12.1 Å². The summed E-state index contributed by atoms with van der Waals surface area (Å²) in [5.74, 6) is -0.857. The van der Waals surface area contributed by atoms with Crippen LogP contribution in [0.25, 0.3) is 0 Å². The molecular formula is C11H14ClF2NO. The van der Waals surface area contributed by atoms with Crippen molar-refractivity contribution in [1.82, 2.24) is 5.32 Å². The molecule has 5 heteroatoms. The van der Waals surface area contributed by atoms with E-state index < -0.39 is 11.6 Å². The zero-order valence-electron chi connectivity index (χ0n) is 8.93. The smallest absolute Gasteiger partial charge is 0.134 e. The molecule has 1 N–H and O–H groups in total. The van der Waals surface area contributed by atoms with E-state index in [2.05, 4.69) is 5.32 Å². The lowest BCUT2D eigenvalue weighted by Crippen LogP contribution is -2.16. The molecule has 2 nitrogen and oxygen atoms in total. The van der Waals surface area contributed by atoms with Crippen molar-refractivity contribution in [2.24, 2.45) is 0 Å². The van der Waals surface area contributed by atoms with E-state index >= 15 is 0 Å². The monoisotopic (exact) mass is 249 g/mol. The van der Waals surface area contributed by atoms with Gasteiger partial charge in [0.1, 0.15) is 17.4 Å². The molecule has 0 amide bonds. The average Bonchev–Trinajstić information content (AvgIpc) is 2.69. The van der Waals surface area contributed by atoms with Crippen LogP contribution in [0.5, 0.6) is 5.75 Å². The third-order valence-electron chi connectivity index (χ3n) is 2.70. The third kappa shape index (κ3) is 2.44. The lowest BCUT2D eigenvalue weighted by atomic mass is 10.0. The zero-order valence-corrected chi connectivity index (χ0v) is 9.74. The minimum Gasteiger partial charge on any atom is -0.497 e. The Labute approximate surface area is 99.4 Å². The van der Waals surface area contributed by atoms with Crippen LogP contribution in [0.4, 0.5) is 8.78 Å². The van der Waals surface area contributed by atoms with E-state index in [1.54, 1.807) is 0 Å². The lowest BCUT2D eigenvalue weighted by Gasteiger charge is -2.13. The third-order valence-corrected chi connectivity index (χ3v) is 2.70. The summed E-state index contributed by atoms with van der Waals surface area (Å²) in [6.07, 6.45) is 1.73. The van der Waals surface area contributed by atoms with Crippen molar-refractivity contribution in [1.29, 1.82) is 0 Å². The van der Waals surface area contributed by atoms with E-state index in [9.17, 15) is 8.78 Å². The summed E-state index contributed by atoms with van der Waals surface area (Å²) >= 11 is 0. The molecule has 1 aromatic carbocycles. The SMILES string of the molecule is COc1cc(F)c([C@@H]2CCCN2)c(F)c1.Cl. The first-order valence-electron chi connectivity index (χ1n) is 4.98. The van der Waals surface area contributed by atoms with Gasteiger partial charge in [0.2, 0.25) is 0 Å². The molecule has 2 rings (SSSR count). The topological polar surface area (TPSA) is 21.3 Å². The van der Waals surface area contributed by atoms with Crippen molar-refractivity contribution >= 4 is 12.4 Å². The second-order valence-corrected chi connectivity index (χ2v) is 3.65. The Bertz CT molecular complexity index is 344. The average molecular weight is 250 g/mol. The van der Waals surface area contributed by atoms with Crippen LogP contribution in [0.1, 0.15) is 24.4 Å². The molecule has 90 valence electrons. The van der Waals surface area contributed by atoms with E-state index in [1.807, 2.05) is 0 Å². The van der Waals surface area contributed by atoms with E-state index in [4.69, 9.17) is 4.74 Å². The molecule has 0 saturated carbocycles. The second-order valence-electron chi connectivity index (χ2n) is 3.65. The summed E-state index contributed by atoms with van der Waals surface area (Å²) in [4.78, 5) is 0. The van der Waals surface area contributed by atoms with Crippen molar-refractivity contribution in [3.05, 3.63) is 29.3 Å². The van der Waals surface area contributed by atoms with Gasteiger partial charge in [-0.05, 0) is 19.4 Å². The molecule has 16 heavy (non-hydrogen) atoms. The number of rotatable bonds is 2. The number of hydrogen-bond donors (Lipinski definition) is 1. The molecule has 1 aliphatic heterocycles. The van der Waals surface area contributed by atoms with Gasteiger partial charge < -0.3 is 10.1 Å². The highest BCUT2D eigenvalue weighted by atomic mass is 35.5. The zero-order chi connectivity index (χ0) is 10.8. The Balaban J connectivity index is 0.00000128. The highest BCUT2D eigenvalue weighted by molar-refractivity contribution is 5.85. The first kappa shape index (κ1) is 13.2. The van der Waals surface area contributed by atoms with Gasteiger partial charge in [-0.15, -0.1) is 12.4 Å². The van der Waals surface area contributed by atoms with Gasteiger partial charge in [0.25, 0.3) is 0 Å².